The number of H-pyrrole nitrogens is 1. The summed E-state index contributed by atoms with van der Waals surface area (Å²) in [6.45, 7) is 0.812. The van der Waals surface area contributed by atoms with Gasteiger partial charge in [-0.25, -0.2) is 87.8 Å². The average Bonchev–Trinajstić information content (AvgIpc) is 3.21. The van der Waals surface area contributed by atoms with Gasteiger partial charge in [0.2, 0.25) is 6.20 Å². The number of nitrogens with zero attached hydrogens (tertiary/aromatic N) is 1. The highest BCUT2D eigenvalue weighted by Gasteiger charge is 2.52. The number of aromatic amines is 1. The first-order valence-electron chi connectivity index (χ1n) is 15.5. The summed E-state index contributed by atoms with van der Waals surface area (Å²) in [7, 11) is 0. The van der Waals surface area contributed by atoms with Gasteiger partial charge < -0.3 is 4.98 Å². The number of hydrogen-bond donors (Lipinski definition) is 2. The number of halogens is 20. The van der Waals surface area contributed by atoms with Crippen LogP contribution >= 0.6 is 24.8 Å². The largest absolute Gasteiger partial charge is 0.332 e. The number of nitrogens with one attached hydrogen (secondary N) is 1. The van der Waals surface area contributed by atoms with Gasteiger partial charge in [-0.15, -0.1) is 34.5 Å². The van der Waals surface area contributed by atoms with E-state index in [-0.39, 0.29) is 0 Å². The molecule has 0 atom stereocenters. The molecule has 25 heteroatoms. The Balaban J connectivity index is 0.000000379. The van der Waals surface area contributed by atoms with Crippen molar-refractivity contribution in [3.63, 3.8) is 0 Å². The number of benzene rings is 5. The molecule has 0 saturated carbocycles. The SMILES string of the molecule is Fc1c(F)c(F)c([B-](c2c(F)c(F)c(F)c(F)c2F)(c2c(F)c(F)c(F)c(F)c2F)c2c(F)c(F)c(F)c(F)c2F)c(F)c1F.S=c1c[n+](Cc2ccccc2)cc(S)[nH]1. The quantitative estimate of drug-likeness (QED) is 0.0329. The Morgan fingerprint density at radius 2 is 0.650 bits per heavy atom. The summed E-state index contributed by atoms with van der Waals surface area (Å²) >= 11 is 9.33. The molecule has 0 aliphatic rings. The van der Waals surface area contributed by atoms with Crippen molar-refractivity contribution in [1.29, 1.82) is 0 Å². The molecule has 0 fully saturated rings. The van der Waals surface area contributed by atoms with Gasteiger partial charge in [0.25, 0.3) is 0 Å². The van der Waals surface area contributed by atoms with E-state index < -0.39 is 144 Å². The number of rotatable bonds is 6. The van der Waals surface area contributed by atoms with Crippen molar-refractivity contribution in [3.05, 3.63) is 169 Å². The molecule has 0 aliphatic carbocycles. The zero-order valence-corrected chi connectivity index (χ0v) is 29.9. The van der Waals surface area contributed by atoms with Gasteiger partial charge in [-0.2, -0.15) is 4.57 Å². The molecule has 60 heavy (non-hydrogen) atoms. The fraction of sp³-hybridized carbons (Fsp3) is 0.0286. The zero-order chi connectivity index (χ0) is 45.0. The van der Waals surface area contributed by atoms with Crippen LogP contribution in [0.3, 0.4) is 0 Å². The predicted octanol–water partition coefficient (Wildman–Crippen LogP) is 8.21. The molecule has 316 valence electrons. The molecule has 1 N–H and O–H groups in total. The smallest absolute Gasteiger partial charge is 0.204 e. The topological polar surface area (TPSA) is 19.7 Å². The van der Waals surface area contributed by atoms with E-state index in [1.807, 2.05) is 35.2 Å². The molecular weight excluding hydrogens is 903 g/mol. The highest BCUT2D eigenvalue weighted by Crippen LogP contribution is 2.30. The van der Waals surface area contributed by atoms with E-state index in [9.17, 15) is 52.7 Å². The summed E-state index contributed by atoms with van der Waals surface area (Å²) in [4.78, 5) is 2.95. The van der Waals surface area contributed by atoms with Crippen LogP contribution in [-0.4, -0.2) is 11.1 Å². The van der Waals surface area contributed by atoms with Gasteiger partial charge in [0.05, 0.1) is 0 Å². The maximum absolute atomic E-state index is 15.4. The fourth-order valence-corrected chi connectivity index (χ4v) is 6.89. The average molecular weight is 914 g/mol. The second-order valence-corrected chi connectivity index (χ2v) is 13.0. The van der Waals surface area contributed by atoms with Crippen LogP contribution in [0.4, 0.5) is 87.8 Å². The first-order chi connectivity index (χ1) is 27.9. The molecule has 0 spiro atoms. The summed E-state index contributed by atoms with van der Waals surface area (Å²) in [6.07, 6.45) is -3.40. The minimum absolute atomic E-state index is 0.693. The van der Waals surface area contributed by atoms with E-state index in [0.29, 0.717) is 4.64 Å². The molecule has 0 radical (unpaired) electrons. The lowest BCUT2D eigenvalue weighted by Gasteiger charge is -2.44. The normalized spacial score (nSPS) is 11.6. The maximum Gasteiger partial charge on any atom is 0.204 e. The van der Waals surface area contributed by atoms with E-state index >= 15 is 35.1 Å². The molecule has 2 nitrogen and oxygen atoms in total. The van der Waals surface area contributed by atoms with E-state index in [0.717, 1.165) is 11.6 Å². The summed E-state index contributed by atoms with van der Waals surface area (Å²) < 4.78 is 297. The molecule has 1 heterocycles. The van der Waals surface area contributed by atoms with Crippen LogP contribution in [0.15, 0.2) is 47.8 Å². The molecule has 0 saturated heterocycles. The Morgan fingerprint density at radius 1 is 0.400 bits per heavy atom. The third-order valence-corrected chi connectivity index (χ3v) is 9.17. The summed E-state index contributed by atoms with van der Waals surface area (Å²) in [5.41, 5.74) is -13.1. The van der Waals surface area contributed by atoms with Crippen molar-refractivity contribution in [2.75, 3.05) is 0 Å². The molecule has 6 rings (SSSR count). The van der Waals surface area contributed by atoms with E-state index in [1.165, 1.54) is 5.56 Å². The molecule has 0 unspecified atom stereocenters. The number of thiol groups is 1. The van der Waals surface area contributed by atoms with Crippen LogP contribution in [0.25, 0.3) is 0 Å². The molecular formula is C35H11BF20N2S2. The van der Waals surface area contributed by atoms with Crippen LogP contribution in [-0.2, 0) is 6.54 Å². The second kappa shape index (κ2) is 16.8. The van der Waals surface area contributed by atoms with Gasteiger partial charge in [0.1, 0.15) is 57.7 Å². The van der Waals surface area contributed by atoms with Gasteiger partial charge in [-0.1, -0.05) is 42.5 Å². The summed E-state index contributed by atoms with van der Waals surface area (Å²) in [6, 6.07) is 10.2. The zero-order valence-electron chi connectivity index (χ0n) is 28.2. The van der Waals surface area contributed by atoms with Crippen molar-refractivity contribution in [2.24, 2.45) is 0 Å². The predicted molar refractivity (Wildman–Crippen MR) is 174 cm³/mol. The Kier molecular flexibility index (Phi) is 12.8. The van der Waals surface area contributed by atoms with E-state index in [1.54, 1.807) is 0 Å². The van der Waals surface area contributed by atoms with Crippen molar-refractivity contribution in [3.8, 4) is 0 Å². The van der Waals surface area contributed by atoms with Crippen LogP contribution in [0, 0.1) is 121 Å². The van der Waals surface area contributed by atoms with E-state index in [2.05, 4.69) is 29.7 Å². The number of aromatic nitrogens is 2. The van der Waals surface area contributed by atoms with Crippen LogP contribution < -0.4 is 26.4 Å². The van der Waals surface area contributed by atoms with Gasteiger partial charge >= 0.3 is 0 Å². The Labute approximate surface area is 330 Å². The highest BCUT2D eigenvalue weighted by molar-refractivity contribution is 7.80. The van der Waals surface area contributed by atoms with Crippen LogP contribution in [0.5, 0.6) is 0 Å². The van der Waals surface area contributed by atoms with Crippen LogP contribution in [0.1, 0.15) is 5.56 Å². The van der Waals surface area contributed by atoms with Gasteiger partial charge in [0.15, 0.2) is 87.2 Å². The molecule has 0 amide bonds. The van der Waals surface area contributed by atoms with Crippen molar-refractivity contribution < 1.29 is 92.4 Å². The van der Waals surface area contributed by atoms with Gasteiger partial charge in [-0.3, -0.25) is 0 Å². The first-order valence-corrected chi connectivity index (χ1v) is 16.4. The second-order valence-electron chi connectivity index (χ2n) is 12.1. The van der Waals surface area contributed by atoms with Crippen molar-refractivity contribution >= 4 is 52.8 Å². The van der Waals surface area contributed by atoms with Gasteiger partial charge in [-0.05, 0) is 0 Å². The van der Waals surface area contributed by atoms with Crippen molar-refractivity contribution in [2.45, 2.75) is 11.6 Å². The van der Waals surface area contributed by atoms with E-state index in [4.69, 9.17) is 12.2 Å². The Bertz CT molecular complexity index is 2400. The lowest BCUT2D eigenvalue weighted by atomic mass is 9.12. The third kappa shape index (κ3) is 7.23. The summed E-state index contributed by atoms with van der Waals surface area (Å²) in [5, 5.41) is 0.776. The monoisotopic (exact) mass is 914 g/mol. The lowest BCUT2D eigenvalue weighted by molar-refractivity contribution is -0.691. The Morgan fingerprint density at radius 3 is 0.900 bits per heavy atom. The minimum Gasteiger partial charge on any atom is -0.332 e. The standard InChI is InChI=1S/C24BF20.C11H10N2S2/c26-5-1(6(27)14(35)21(42)13(5)34)25(2-7(28)15(36)22(43)16(37)8(2)29,3-9(30)17(38)23(44)18(39)10(3)31)4-11(32)19(40)24(45)20(41)12(4)33;14-10-7-13(8-11(15)12-10)6-9-4-2-1-3-5-9/h;1-5,7-8H,6H2,(H-,12,14,15)/q-1;/p+1. The molecule has 1 aromatic heterocycles. The molecule has 6 aromatic rings. The summed E-state index contributed by atoms with van der Waals surface area (Å²) in [5.74, 6) is -71.4. The maximum atomic E-state index is 15.4. The molecule has 0 bridgehead atoms. The van der Waals surface area contributed by atoms with Crippen LogP contribution in [0.2, 0.25) is 0 Å². The van der Waals surface area contributed by atoms with Crippen molar-refractivity contribution in [1.82, 2.24) is 4.98 Å². The Hall–Kier alpha value is -5.59. The molecule has 0 aliphatic heterocycles. The highest BCUT2D eigenvalue weighted by atomic mass is 32.1. The lowest BCUT2D eigenvalue weighted by Crippen LogP contribution is -2.81. The number of hydrogen-bond acceptors (Lipinski definition) is 2. The third-order valence-electron chi connectivity index (χ3n) is 8.74. The minimum atomic E-state index is -7.22. The fourth-order valence-electron chi connectivity index (χ4n) is 6.30. The molecule has 5 aromatic carbocycles. The first kappa shape index (κ1) is 45.5. The van der Waals surface area contributed by atoms with Gasteiger partial charge in [0, 0.05) is 5.56 Å².